The predicted molar refractivity (Wildman–Crippen MR) is 79.0 cm³/mol. The van der Waals surface area contributed by atoms with E-state index in [9.17, 15) is 0 Å². The lowest BCUT2D eigenvalue weighted by atomic mass is 10.1. The van der Waals surface area contributed by atoms with Crippen molar-refractivity contribution >= 4 is 5.95 Å². The quantitative estimate of drug-likeness (QED) is 0.589. The molecule has 1 aromatic rings. The van der Waals surface area contributed by atoms with Crippen LogP contribution in [0.4, 0.5) is 5.95 Å². The van der Waals surface area contributed by atoms with E-state index in [4.69, 9.17) is 0 Å². The molecule has 0 spiro atoms. The first-order chi connectivity index (χ1) is 8.88. The Morgan fingerprint density at radius 3 is 2.50 bits per heavy atom. The summed E-state index contributed by atoms with van der Waals surface area (Å²) in [7, 11) is 0. The Kier molecular flexibility index (Phi) is 8.36. The van der Waals surface area contributed by atoms with Gasteiger partial charge in [-0.15, -0.1) is 0 Å². The molecule has 1 rings (SSSR count). The SMILES string of the molecule is CCCCCCCCn1ccnc1NCCCC. The van der Waals surface area contributed by atoms with E-state index >= 15 is 0 Å². The maximum Gasteiger partial charge on any atom is 0.202 e. The molecule has 0 aliphatic heterocycles. The lowest BCUT2D eigenvalue weighted by Gasteiger charge is -2.09. The van der Waals surface area contributed by atoms with Gasteiger partial charge in [-0.05, 0) is 12.8 Å². The zero-order valence-corrected chi connectivity index (χ0v) is 12.1. The van der Waals surface area contributed by atoms with Crippen LogP contribution in [0.25, 0.3) is 0 Å². The standard InChI is InChI=1S/C15H29N3/c1-3-5-7-8-9-10-13-18-14-12-17-15(18)16-11-6-4-2/h12,14H,3-11,13H2,1-2H3,(H,16,17). The van der Waals surface area contributed by atoms with Crippen LogP contribution in [0.3, 0.4) is 0 Å². The molecule has 0 unspecified atom stereocenters. The Hall–Kier alpha value is -0.990. The number of hydrogen-bond acceptors (Lipinski definition) is 2. The van der Waals surface area contributed by atoms with E-state index < -0.39 is 0 Å². The van der Waals surface area contributed by atoms with Crippen LogP contribution in [-0.4, -0.2) is 16.1 Å². The smallest absolute Gasteiger partial charge is 0.202 e. The molecule has 1 N–H and O–H groups in total. The molecule has 0 fully saturated rings. The average molecular weight is 251 g/mol. The summed E-state index contributed by atoms with van der Waals surface area (Å²) < 4.78 is 2.25. The highest BCUT2D eigenvalue weighted by Gasteiger charge is 2.00. The summed E-state index contributed by atoms with van der Waals surface area (Å²) in [6.45, 7) is 6.61. The number of rotatable bonds is 11. The number of nitrogens with zero attached hydrogens (tertiary/aromatic N) is 2. The van der Waals surface area contributed by atoms with Crippen molar-refractivity contribution in [3.05, 3.63) is 12.4 Å². The molecular formula is C15H29N3. The summed E-state index contributed by atoms with van der Waals surface area (Å²) in [5.41, 5.74) is 0. The minimum atomic E-state index is 1.03. The molecule has 0 radical (unpaired) electrons. The van der Waals surface area contributed by atoms with Crippen molar-refractivity contribution in [2.45, 2.75) is 71.8 Å². The van der Waals surface area contributed by atoms with Crippen molar-refractivity contribution in [3.8, 4) is 0 Å². The maximum atomic E-state index is 4.37. The van der Waals surface area contributed by atoms with E-state index in [0.717, 1.165) is 19.0 Å². The van der Waals surface area contributed by atoms with Gasteiger partial charge in [-0.3, -0.25) is 0 Å². The van der Waals surface area contributed by atoms with Crippen LogP contribution in [0, 0.1) is 0 Å². The number of nitrogens with one attached hydrogen (secondary N) is 1. The number of imidazole rings is 1. The van der Waals surface area contributed by atoms with Crippen LogP contribution in [-0.2, 0) is 6.54 Å². The number of unbranched alkanes of at least 4 members (excludes halogenated alkanes) is 6. The Bertz CT molecular complexity index is 294. The van der Waals surface area contributed by atoms with Crippen molar-refractivity contribution in [1.82, 2.24) is 9.55 Å². The lowest BCUT2D eigenvalue weighted by Crippen LogP contribution is -2.08. The molecule has 3 nitrogen and oxygen atoms in total. The van der Waals surface area contributed by atoms with Crippen molar-refractivity contribution in [3.63, 3.8) is 0 Å². The molecule has 0 amide bonds. The van der Waals surface area contributed by atoms with Crippen LogP contribution >= 0.6 is 0 Å². The summed E-state index contributed by atoms with van der Waals surface area (Å²) in [5, 5.41) is 3.41. The van der Waals surface area contributed by atoms with Crippen molar-refractivity contribution < 1.29 is 0 Å². The van der Waals surface area contributed by atoms with Gasteiger partial charge in [-0.1, -0.05) is 52.4 Å². The van der Waals surface area contributed by atoms with Gasteiger partial charge in [0.2, 0.25) is 5.95 Å². The van der Waals surface area contributed by atoms with Crippen LogP contribution in [0.15, 0.2) is 12.4 Å². The zero-order chi connectivity index (χ0) is 13.1. The third kappa shape index (κ3) is 6.08. The highest BCUT2D eigenvalue weighted by atomic mass is 15.2. The summed E-state index contributed by atoms with van der Waals surface area (Å²) in [4.78, 5) is 4.37. The third-order valence-electron chi connectivity index (χ3n) is 3.28. The summed E-state index contributed by atoms with van der Waals surface area (Å²) in [6.07, 6.45) is 14.5. The second-order valence-corrected chi connectivity index (χ2v) is 4.99. The molecule has 3 heteroatoms. The summed E-state index contributed by atoms with van der Waals surface area (Å²) in [6, 6.07) is 0. The van der Waals surface area contributed by atoms with E-state index in [1.165, 1.54) is 51.4 Å². The second kappa shape index (κ2) is 9.98. The molecule has 104 valence electrons. The average Bonchev–Trinajstić information content (AvgIpc) is 2.82. The molecule has 0 saturated carbocycles. The number of hydrogen-bond donors (Lipinski definition) is 1. The molecule has 1 heterocycles. The normalized spacial score (nSPS) is 10.8. The van der Waals surface area contributed by atoms with E-state index in [2.05, 4.69) is 34.9 Å². The molecule has 0 bridgehead atoms. The van der Waals surface area contributed by atoms with Crippen LogP contribution in [0.5, 0.6) is 0 Å². The zero-order valence-electron chi connectivity index (χ0n) is 12.1. The van der Waals surface area contributed by atoms with Gasteiger partial charge >= 0.3 is 0 Å². The Balaban J connectivity index is 2.15. The highest BCUT2D eigenvalue weighted by molar-refractivity contribution is 5.25. The van der Waals surface area contributed by atoms with Gasteiger partial charge in [-0.25, -0.2) is 4.98 Å². The Labute approximate surface area is 112 Å². The fourth-order valence-electron chi connectivity index (χ4n) is 2.10. The number of anilines is 1. The lowest BCUT2D eigenvalue weighted by molar-refractivity contribution is 0.559. The fourth-order valence-corrected chi connectivity index (χ4v) is 2.10. The predicted octanol–water partition coefficient (Wildman–Crippen LogP) is 4.46. The van der Waals surface area contributed by atoms with Crippen LogP contribution < -0.4 is 5.32 Å². The molecule has 18 heavy (non-hydrogen) atoms. The first-order valence-corrected chi connectivity index (χ1v) is 7.63. The molecule has 1 aromatic heterocycles. The minimum Gasteiger partial charge on any atom is -0.356 e. The molecule has 0 saturated heterocycles. The van der Waals surface area contributed by atoms with E-state index in [1.807, 2.05) is 6.20 Å². The molecule has 0 atom stereocenters. The Morgan fingerprint density at radius 2 is 1.72 bits per heavy atom. The molecule has 0 aromatic carbocycles. The first kappa shape index (κ1) is 15.1. The van der Waals surface area contributed by atoms with Gasteiger partial charge < -0.3 is 9.88 Å². The maximum absolute atomic E-state index is 4.37. The number of aryl methyl sites for hydroxylation is 1. The summed E-state index contributed by atoms with van der Waals surface area (Å²) in [5.74, 6) is 1.04. The highest BCUT2D eigenvalue weighted by Crippen LogP contribution is 2.10. The van der Waals surface area contributed by atoms with Gasteiger partial charge in [0.05, 0.1) is 0 Å². The summed E-state index contributed by atoms with van der Waals surface area (Å²) >= 11 is 0. The van der Waals surface area contributed by atoms with Gasteiger partial charge in [0.25, 0.3) is 0 Å². The van der Waals surface area contributed by atoms with Gasteiger partial charge in [0.15, 0.2) is 0 Å². The second-order valence-electron chi connectivity index (χ2n) is 4.99. The van der Waals surface area contributed by atoms with Crippen LogP contribution in [0.1, 0.15) is 65.2 Å². The van der Waals surface area contributed by atoms with Gasteiger partial charge in [0.1, 0.15) is 0 Å². The van der Waals surface area contributed by atoms with E-state index in [0.29, 0.717) is 0 Å². The largest absolute Gasteiger partial charge is 0.356 e. The molecule has 0 aliphatic rings. The van der Waals surface area contributed by atoms with E-state index in [1.54, 1.807) is 0 Å². The van der Waals surface area contributed by atoms with Crippen molar-refractivity contribution in [2.24, 2.45) is 0 Å². The minimum absolute atomic E-state index is 1.03. The Morgan fingerprint density at radius 1 is 1.00 bits per heavy atom. The van der Waals surface area contributed by atoms with Crippen LogP contribution in [0.2, 0.25) is 0 Å². The number of aromatic nitrogens is 2. The molecule has 0 aliphatic carbocycles. The monoisotopic (exact) mass is 251 g/mol. The van der Waals surface area contributed by atoms with E-state index in [-0.39, 0.29) is 0 Å². The third-order valence-corrected chi connectivity index (χ3v) is 3.28. The van der Waals surface area contributed by atoms with Gasteiger partial charge in [-0.2, -0.15) is 0 Å². The molecular weight excluding hydrogens is 222 g/mol. The van der Waals surface area contributed by atoms with Crippen molar-refractivity contribution in [1.29, 1.82) is 0 Å². The first-order valence-electron chi connectivity index (χ1n) is 7.63. The fraction of sp³-hybridized carbons (Fsp3) is 0.800. The van der Waals surface area contributed by atoms with Crippen molar-refractivity contribution in [2.75, 3.05) is 11.9 Å². The topological polar surface area (TPSA) is 29.9 Å². The van der Waals surface area contributed by atoms with Gasteiger partial charge in [0, 0.05) is 25.5 Å².